The van der Waals surface area contributed by atoms with E-state index in [2.05, 4.69) is 51.8 Å². The summed E-state index contributed by atoms with van der Waals surface area (Å²) >= 11 is 5.27. The van der Waals surface area contributed by atoms with Crippen LogP contribution in [0.15, 0.2) is 45.8 Å². The summed E-state index contributed by atoms with van der Waals surface area (Å²) in [5, 5.41) is 3.45. The summed E-state index contributed by atoms with van der Waals surface area (Å²) < 4.78 is 11.6. The lowest BCUT2D eigenvalue weighted by Gasteiger charge is -2.12. The van der Waals surface area contributed by atoms with E-state index in [1.807, 2.05) is 12.1 Å². The average Bonchev–Trinajstić information content (AvgIpc) is 2.55. The molecule has 0 aromatic heterocycles. The number of benzene rings is 2. The number of halogens is 1. The Kier molecular flexibility index (Phi) is 6.61. The Morgan fingerprint density at radius 3 is 2.27 bits per heavy atom. The molecule has 22 heavy (non-hydrogen) atoms. The number of rotatable bonds is 7. The van der Waals surface area contributed by atoms with Crippen LogP contribution in [0.5, 0.6) is 11.5 Å². The lowest BCUT2D eigenvalue weighted by Crippen LogP contribution is -2.12. The molecule has 1 N–H and O–H groups in total. The van der Waals surface area contributed by atoms with E-state index in [1.54, 1.807) is 26.0 Å². The fourth-order valence-corrected chi connectivity index (χ4v) is 3.23. The van der Waals surface area contributed by atoms with Crippen LogP contribution in [0, 0.1) is 0 Å². The van der Waals surface area contributed by atoms with Crippen LogP contribution in [0.2, 0.25) is 0 Å². The van der Waals surface area contributed by atoms with E-state index in [4.69, 9.17) is 9.47 Å². The normalized spacial score (nSPS) is 10.5. The van der Waals surface area contributed by atoms with Gasteiger partial charge in [-0.15, -0.1) is 11.8 Å². The molecular weight excluding hydrogens is 362 g/mol. The molecule has 0 amide bonds. The number of hydrogen-bond donors (Lipinski definition) is 1. The van der Waals surface area contributed by atoms with Gasteiger partial charge in [0.05, 0.1) is 18.7 Å². The predicted molar refractivity (Wildman–Crippen MR) is 96.0 cm³/mol. The molecule has 0 radical (unpaired) electrons. The van der Waals surface area contributed by atoms with Gasteiger partial charge in [-0.25, -0.2) is 0 Å². The molecule has 118 valence electrons. The van der Waals surface area contributed by atoms with Crippen molar-refractivity contribution >= 4 is 27.7 Å². The van der Waals surface area contributed by atoms with Gasteiger partial charge in [0.25, 0.3) is 0 Å². The van der Waals surface area contributed by atoms with E-state index < -0.39 is 0 Å². The summed E-state index contributed by atoms with van der Waals surface area (Å²) in [6, 6.07) is 12.6. The Hall–Kier alpha value is -1.17. The molecular formula is C17H20BrNO2S. The molecule has 2 aromatic carbocycles. The van der Waals surface area contributed by atoms with Gasteiger partial charge in [0, 0.05) is 18.0 Å². The molecule has 0 aliphatic heterocycles. The predicted octanol–water partition coefficient (Wildman–Crippen LogP) is 4.48. The van der Waals surface area contributed by atoms with Gasteiger partial charge in [0.15, 0.2) is 11.5 Å². The quantitative estimate of drug-likeness (QED) is 0.716. The Bertz CT molecular complexity index is 617. The minimum atomic E-state index is 0.721. The molecule has 2 aromatic rings. The van der Waals surface area contributed by atoms with Crippen molar-refractivity contribution in [1.82, 2.24) is 5.32 Å². The average molecular weight is 382 g/mol. The zero-order valence-electron chi connectivity index (χ0n) is 13.0. The Morgan fingerprint density at radius 2 is 1.68 bits per heavy atom. The largest absolute Gasteiger partial charge is 0.493 e. The van der Waals surface area contributed by atoms with Crippen molar-refractivity contribution in [3.05, 3.63) is 52.0 Å². The fraction of sp³-hybridized carbons (Fsp3) is 0.294. The van der Waals surface area contributed by atoms with E-state index >= 15 is 0 Å². The maximum atomic E-state index is 5.36. The van der Waals surface area contributed by atoms with Crippen LogP contribution < -0.4 is 14.8 Å². The zero-order chi connectivity index (χ0) is 15.9. The fourth-order valence-electron chi connectivity index (χ4n) is 2.17. The van der Waals surface area contributed by atoms with E-state index in [9.17, 15) is 0 Å². The Labute approximate surface area is 144 Å². The van der Waals surface area contributed by atoms with Crippen molar-refractivity contribution in [3.63, 3.8) is 0 Å². The summed E-state index contributed by atoms with van der Waals surface area (Å²) in [7, 11) is 3.29. The first-order valence-electron chi connectivity index (χ1n) is 6.92. The first-order valence-corrected chi connectivity index (χ1v) is 8.93. The van der Waals surface area contributed by atoms with Gasteiger partial charge in [0.2, 0.25) is 0 Å². The SMILES string of the molecule is COc1cc(CNCc2ccc(SC)cc2)cc(Br)c1OC. The van der Waals surface area contributed by atoms with Gasteiger partial charge in [-0.2, -0.15) is 0 Å². The molecule has 0 aliphatic rings. The van der Waals surface area contributed by atoms with E-state index in [1.165, 1.54) is 10.5 Å². The Balaban J connectivity index is 1.97. The number of hydrogen-bond acceptors (Lipinski definition) is 4. The molecule has 0 unspecified atom stereocenters. The van der Waals surface area contributed by atoms with Crippen molar-refractivity contribution in [3.8, 4) is 11.5 Å². The third kappa shape index (κ3) is 4.41. The van der Waals surface area contributed by atoms with Crippen LogP contribution in [0.1, 0.15) is 11.1 Å². The van der Waals surface area contributed by atoms with Crippen molar-refractivity contribution in [1.29, 1.82) is 0 Å². The summed E-state index contributed by atoms with van der Waals surface area (Å²) in [5.41, 5.74) is 2.42. The molecule has 0 atom stereocenters. The number of ether oxygens (including phenoxy) is 2. The second kappa shape index (κ2) is 8.46. The molecule has 0 aliphatic carbocycles. The summed E-state index contributed by atoms with van der Waals surface area (Å²) in [4.78, 5) is 1.28. The monoisotopic (exact) mass is 381 g/mol. The summed E-state index contributed by atoms with van der Waals surface area (Å²) in [6.07, 6.45) is 2.09. The highest BCUT2D eigenvalue weighted by molar-refractivity contribution is 9.10. The Morgan fingerprint density at radius 1 is 1.00 bits per heavy atom. The molecule has 0 saturated carbocycles. The van der Waals surface area contributed by atoms with Crippen LogP contribution in [-0.2, 0) is 13.1 Å². The number of thioether (sulfide) groups is 1. The number of nitrogens with one attached hydrogen (secondary N) is 1. The molecule has 0 saturated heterocycles. The second-order valence-electron chi connectivity index (χ2n) is 4.76. The van der Waals surface area contributed by atoms with Gasteiger partial charge >= 0.3 is 0 Å². The maximum Gasteiger partial charge on any atom is 0.174 e. The number of methoxy groups -OCH3 is 2. The first kappa shape index (κ1) is 17.2. The highest BCUT2D eigenvalue weighted by Crippen LogP contribution is 2.36. The van der Waals surface area contributed by atoms with Crippen molar-refractivity contribution in [2.24, 2.45) is 0 Å². The third-order valence-corrected chi connectivity index (χ3v) is 4.64. The molecule has 5 heteroatoms. The first-order chi connectivity index (χ1) is 10.7. The molecule has 3 nitrogen and oxygen atoms in total. The van der Waals surface area contributed by atoms with Crippen LogP contribution in [0.25, 0.3) is 0 Å². The van der Waals surface area contributed by atoms with Gasteiger partial charge in [0.1, 0.15) is 0 Å². The lowest BCUT2D eigenvalue weighted by molar-refractivity contribution is 0.352. The van der Waals surface area contributed by atoms with E-state index in [0.29, 0.717) is 0 Å². The summed E-state index contributed by atoms with van der Waals surface area (Å²) in [5.74, 6) is 1.46. The summed E-state index contributed by atoms with van der Waals surface area (Å²) in [6.45, 7) is 1.60. The standard InChI is InChI=1S/C17H20BrNO2S/c1-20-16-9-13(8-15(18)17(16)21-2)11-19-10-12-4-6-14(22-3)7-5-12/h4-9,19H,10-11H2,1-3H3. The van der Waals surface area contributed by atoms with Crippen LogP contribution in [0.3, 0.4) is 0 Å². The molecule has 2 rings (SSSR count). The second-order valence-corrected chi connectivity index (χ2v) is 6.50. The van der Waals surface area contributed by atoms with Crippen LogP contribution in [0.4, 0.5) is 0 Å². The molecule has 0 heterocycles. The minimum Gasteiger partial charge on any atom is -0.493 e. The van der Waals surface area contributed by atoms with Gasteiger partial charge in [-0.05, 0) is 57.6 Å². The van der Waals surface area contributed by atoms with Crippen molar-refractivity contribution < 1.29 is 9.47 Å². The third-order valence-electron chi connectivity index (χ3n) is 3.31. The van der Waals surface area contributed by atoms with Crippen LogP contribution >= 0.6 is 27.7 Å². The van der Waals surface area contributed by atoms with Crippen molar-refractivity contribution in [2.45, 2.75) is 18.0 Å². The molecule has 0 fully saturated rings. The lowest BCUT2D eigenvalue weighted by atomic mass is 10.2. The molecule has 0 bridgehead atoms. The van der Waals surface area contributed by atoms with Crippen LogP contribution in [-0.4, -0.2) is 20.5 Å². The topological polar surface area (TPSA) is 30.5 Å². The maximum absolute atomic E-state index is 5.36. The van der Waals surface area contributed by atoms with Gasteiger partial charge < -0.3 is 14.8 Å². The van der Waals surface area contributed by atoms with E-state index in [0.717, 1.165) is 34.6 Å². The van der Waals surface area contributed by atoms with E-state index in [-0.39, 0.29) is 0 Å². The minimum absolute atomic E-state index is 0.721. The smallest absolute Gasteiger partial charge is 0.174 e. The van der Waals surface area contributed by atoms with Crippen molar-refractivity contribution in [2.75, 3.05) is 20.5 Å². The van der Waals surface area contributed by atoms with Gasteiger partial charge in [-0.1, -0.05) is 12.1 Å². The molecule has 0 spiro atoms. The highest BCUT2D eigenvalue weighted by Gasteiger charge is 2.10. The van der Waals surface area contributed by atoms with Gasteiger partial charge in [-0.3, -0.25) is 0 Å². The zero-order valence-corrected chi connectivity index (χ0v) is 15.4. The highest BCUT2D eigenvalue weighted by atomic mass is 79.9.